The van der Waals surface area contributed by atoms with Crippen LogP contribution in [0.3, 0.4) is 0 Å². The first-order chi connectivity index (χ1) is 10.6. The van der Waals surface area contributed by atoms with Crippen molar-refractivity contribution in [1.29, 1.82) is 0 Å². The van der Waals surface area contributed by atoms with E-state index in [4.69, 9.17) is 9.47 Å². The van der Waals surface area contributed by atoms with E-state index in [1.165, 1.54) is 17.7 Å². The Morgan fingerprint density at radius 2 is 2.05 bits per heavy atom. The molecule has 0 aliphatic carbocycles. The Morgan fingerprint density at radius 1 is 1.32 bits per heavy atom. The minimum absolute atomic E-state index is 0.0230. The lowest BCUT2D eigenvalue weighted by Gasteiger charge is -2.27. The lowest BCUT2D eigenvalue weighted by molar-refractivity contribution is -0.898. The number of carbonyl (C=O) groups excluding carboxylic acids is 1. The van der Waals surface area contributed by atoms with Crippen LogP contribution in [0.5, 0.6) is 11.5 Å². The average molecular weight is 305 g/mol. The summed E-state index contributed by atoms with van der Waals surface area (Å²) in [6, 6.07) is 5.80. The Labute approximate surface area is 131 Å². The SMILES string of the molecule is CC1CC[NH+](CC(=O)N[C@H](C)c2ccc3c(c2)OCO3)CC1. The van der Waals surface area contributed by atoms with Gasteiger partial charge < -0.3 is 19.7 Å². The van der Waals surface area contributed by atoms with Crippen molar-refractivity contribution in [2.75, 3.05) is 26.4 Å². The summed E-state index contributed by atoms with van der Waals surface area (Å²) in [5, 5.41) is 3.09. The van der Waals surface area contributed by atoms with E-state index in [2.05, 4.69) is 12.2 Å². The predicted molar refractivity (Wildman–Crippen MR) is 83.1 cm³/mol. The van der Waals surface area contributed by atoms with Gasteiger partial charge in [0.15, 0.2) is 18.0 Å². The number of quaternary nitrogens is 1. The maximum Gasteiger partial charge on any atom is 0.275 e. The quantitative estimate of drug-likeness (QED) is 0.869. The van der Waals surface area contributed by atoms with Crippen LogP contribution < -0.4 is 19.7 Å². The lowest BCUT2D eigenvalue weighted by atomic mass is 9.99. The number of ether oxygens (including phenoxy) is 2. The number of rotatable bonds is 4. The van der Waals surface area contributed by atoms with Crippen LogP contribution in [-0.4, -0.2) is 32.3 Å². The zero-order valence-electron chi connectivity index (χ0n) is 13.4. The third-order valence-corrected chi connectivity index (χ3v) is 4.67. The highest BCUT2D eigenvalue weighted by Crippen LogP contribution is 2.34. The molecule has 1 saturated heterocycles. The second kappa shape index (κ2) is 6.57. The second-order valence-corrected chi connectivity index (χ2v) is 6.51. The highest BCUT2D eigenvalue weighted by atomic mass is 16.7. The monoisotopic (exact) mass is 305 g/mol. The number of hydrogen-bond acceptors (Lipinski definition) is 3. The topological polar surface area (TPSA) is 52.0 Å². The fourth-order valence-electron chi connectivity index (χ4n) is 3.13. The van der Waals surface area contributed by atoms with Crippen LogP contribution >= 0.6 is 0 Å². The maximum atomic E-state index is 12.2. The molecule has 1 fully saturated rings. The molecule has 0 saturated carbocycles. The van der Waals surface area contributed by atoms with Crippen LogP contribution in [0.4, 0.5) is 0 Å². The highest BCUT2D eigenvalue weighted by molar-refractivity contribution is 5.77. The van der Waals surface area contributed by atoms with Gasteiger partial charge in [-0.2, -0.15) is 0 Å². The van der Waals surface area contributed by atoms with Gasteiger partial charge in [0.2, 0.25) is 6.79 Å². The van der Waals surface area contributed by atoms with Crippen LogP contribution in [0.15, 0.2) is 18.2 Å². The molecule has 0 bridgehead atoms. The highest BCUT2D eigenvalue weighted by Gasteiger charge is 2.22. The third kappa shape index (κ3) is 3.53. The van der Waals surface area contributed by atoms with Crippen molar-refractivity contribution in [2.24, 2.45) is 5.92 Å². The molecule has 0 unspecified atom stereocenters. The summed E-state index contributed by atoms with van der Waals surface area (Å²) in [6.45, 7) is 7.35. The van der Waals surface area contributed by atoms with Gasteiger partial charge in [0.1, 0.15) is 0 Å². The van der Waals surface area contributed by atoms with E-state index < -0.39 is 0 Å². The van der Waals surface area contributed by atoms with Gasteiger partial charge in [-0.1, -0.05) is 13.0 Å². The molecule has 0 radical (unpaired) electrons. The first-order valence-electron chi connectivity index (χ1n) is 8.14. The summed E-state index contributed by atoms with van der Waals surface area (Å²) in [6.07, 6.45) is 2.45. The van der Waals surface area contributed by atoms with Crippen LogP contribution in [0, 0.1) is 5.92 Å². The molecule has 5 heteroatoms. The van der Waals surface area contributed by atoms with Crippen molar-refractivity contribution in [3.8, 4) is 11.5 Å². The molecule has 120 valence electrons. The van der Waals surface area contributed by atoms with Crippen LogP contribution in [0.25, 0.3) is 0 Å². The van der Waals surface area contributed by atoms with E-state index in [-0.39, 0.29) is 18.7 Å². The molecule has 5 nitrogen and oxygen atoms in total. The molecule has 1 aromatic carbocycles. The number of piperidine rings is 1. The Kier molecular flexibility index (Phi) is 4.52. The van der Waals surface area contributed by atoms with Crippen LogP contribution in [0.2, 0.25) is 0 Å². The second-order valence-electron chi connectivity index (χ2n) is 6.51. The lowest BCUT2D eigenvalue weighted by Crippen LogP contribution is -3.14. The molecule has 2 heterocycles. The summed E-state index contributed by atoms with van der Waals surface area (Å²) in [4.78, 5) is 13.6. The molecule has 1 amide bonds. The van der Waals surface area contributed by atoms with E-state index >= 15 is 0 Å². The fourth-order valence-corrected chi connectivity index (χ4v) is 3.13. The Balaban J connectivity index is 1.52. The largest absolute Gasteiger partial charge is 0.454 e. The molecule has 0 spiro atoms. The molecule has 2 aliphatic rings. The first kappa shape index (κ1) is 15.2. The fraction of sp³-hybridized carbons (Fsp3) is 0.588. The van der Waals surface area contributed by atoms with Gasteiger partial charge in [-0.15, -0.1) is 0 Å². The van der Waals surface area contributed by atoms with Gasteiger partial charge in [0, 0.05) is 0 Å². The minimum atomic E-state index is -0.0230. The molecule has 3 rings (SSSR count). The van der Waals surface area contributed by atoms with Crippen LogP contribution in [-0.2, 0) is 4.79 Å². The minimum Gasteiger partial charge on any atom is -0.454 e. The van der Waals surface area contributed by atoms with Crippen molar-refractivity contribution in [3.63, 3.8) is 0 Å². The van der Waals surface area contributed by atoms with E-state index in [1.807, 2.05) is 25.1 Å². The van der Waals surface area contributed by atoms with E-state index in [1.54, 1.807) is 0 Å². The molecule has 0 aromatic heterocycles. The zero-order chi connectivity index (χ0) is 15.5. The maximum absolute atomic E-state index is 12.2. The number of nitrogens with one attached hydrogen (secondary N) is 2. The zero-order valence-corrected chi connectivity index (χ0v) is 13.4. The normalized spacial score (nSPS) is 24.8. The Bertz CT molecular complexity index is 539. The number of likely N-dealkylation sites (tertiary alicyclic amines) is 1. The molecular weight excluding hydrogens is 280 g/mol. The standard InChI is InChI=1S/C17H24N2O3/c1-12-5-7-19(8-6-12)10-17(20)18-13(2)14-3-4-15-16(9-14)22-11-21-15/h3-4,9,12-13H,5-8,10-11H2,1-2H3,(H,18,20)/p+1/t13-/m1/s1. The molecule has 1 atom stereocenters. The number of carbonyl (C=O) groups is 1. The van der Waals surface area contributed by atoms with E-state index in [0.717, 1.165) is 36.1 Å². The summed E-state index contributed by atoms with van der Waals surface area (Å²) in [5.41, 5.74) is 1.04. The van der Waals surface area contributed by atoms with Gasteiger partial charge in [-0.3, -0.25) is 4.79 Å². The molecule has 2 N–H and O–H groups in total. The van der Waals surface area contributed by atoms with Gasteiger partial charge in [0.05, 0.1) is 19.1 Å². The number of amides is 1. The summed E-state index contributed by atoms with van der Waals surface area (Å²) in [7, 11) is 0. The molecular formula is C17H25N2O3+. The molecule has 2 aliphatic heterocycles. The van der Waals surface area contributed by atoms with Gasteiger partial charge in [-0.05, 0) is 43.4 Å². The number of fused-ring (bicyclic) bond motifs is 1. The summed E-state index contributed by atoms with van der Waals surface area (Å²) >= 11 is 0. The molecule has 22 heavy (non-hydrogen) atoms. The predicted octanol–water partition coefficient (Wildman–Crippen LogP) is 0.907. The third-order valence-electron chi connectivity index (χ3n) is 4.67. The average Bonchev–Trinajstić information content (AvgIpc) is 2.97. The van der Waals surface area contributed by atoms with E-state index in [0.29, 0.717) is 6.54 Å². The first-order valence-corrected chi connectivity index (χ1v) is 8.14. The Hall–Kier alpha value is -1.75. The Morgan fingerprint density at radius 3 is 2.82 bits per heavy atom. The number of hydrogen-bond donors (Lipinski definition) is 2. The van der Waals surface area contributed by atoms with Crippen molar-refractivity contribution >= 4 is 5.91 Å². The van der Waals surface area contributed by atoms with Gasteiger partial charge >= 0.3 is 0 Å². The van der Waals surface area contributed by atoms with Crippen molar-refractivity contribution < 1.29 is 19.2 Å². The summed E-state index contributed by atoms with van der Waals surface area (Å²) in [5.74, 6) is 2.46. The van der Waals surface area contributed by atoms with Gasteiger partial charge in [-0.25, -0.2) is 0 Å². The van der Waals surface area contributed by atoms with E-state index in [9.17, 15) is 4.79 Å². The van der Waals surface area contributed by atoms with Crippen molar-refractivity contribution in [3.05, 3.63) is 23.8 Å². The smallest absolute Gasteiger partial charge is 0.275 e. The van der Waals surface area contributed by atoms with Gasteiger partial charge in [0.25, 0.3) is 5.91 Å². The van der Waals surface area contributed by atoms with Crippen molar-refractivity contribution in [2.45, 2.75) is 32.7 Å². The molecule has 1 aromatic rings. The number of benzene rings is 1. The summed E-state index contributed by atoms with van der Waals surface area (Å²) < 4.78 is 10.7. The van der Waals surface area contributed by atoms with Crippen LogP contribution in [0.1, 0.15) is 38.3 Å². The van der Waals surface area contributed by atoms with Crippen molar-refractivity contribution in [1.82, 2.24) is 5.32 Å².